The Hall–Kier alpha value is -0.650. The number of hydrogen-bond donors (Lipinski definition) is 1. The fourth-order valence-electron chi connectivity index (χ4n) is 3.28. The van der Waals surface area contributed by atoms with Gasteiger partial charge in [-0.1, -0.05) is 0 Å². The summed E-state index contributed by atoms with van der Waals surface area (Å²) in [6.45, 7) is 3.32. The summed E-state index contributed by atoms with van der Waals surface area (Å²) < 4.78 is 0. The van der Waals surface area contributed by atoms with Gasteiger partial charge in [-0.3, -0.25) is 9.69 Å². The SMILES string of the molecule is CN(CC1(N(C)C)CCC1)C(=O)CN1CCC(N)CC1. The number of carbonyl (C=O) groups is 1. The molecule has 0 aromatic rings. The molecule has 5 nitrogen and oxygen atoms in total. The fourth-order valence-corrected chi connectivity index (χ4v) is 3.28. The fraction of sp³-hybridized carbons (Fsp3) is 0.933. The number of likely N-dealkylation sites (N-methyl/N-ethyl adjacent to an activating group) is 2. The van der Waals surface area contributed by atoms with E-state index in [9.17, 15) is 4.79 Å². The molecule has 1 amide bonds. The summed E-state index contributed by atoms with van der Waals surface area (Å²) in [6.07, 6.45) is 5.72. The monoisotopic (exact) mass is 282 g/mol. The van der Waals surface area contributed by atoms with Crippen LogP contribution >= 0.6 is 0 Å². The molecular weight excluding hydrogens is 252 g/mol. The second kappa shape index (κ2) is 6.41. The molecule has 0 unspecified atom stereocenters. The molecule has 2 aliphatic rings. The molecule has 0 aromatic heterocycles. The van der Waals surface area contributed by atoms with E-state index < -0.39 is 0 Å². The summed E-state index contributed by atoms with van der Waals surface area (Å²) in [5.41, 5.74) is 6.12. The smallest absolute Gasteiger partial charge is 0.236 e. The first-order chi connectivity index (χ1) is 9.43. The molecule has 116 valence electrons. The van der Waals surface area contributed by atoms with Crippen LogP contribution in [0, 0.1) is 0 Å². The molecule has 0 spiro atoms. The van der Waals surface area contributed by atoms with Gasteiger partial charge in [-0.2, -0.15) is 0 Å². The first-order valence-electron chi connectivity index (χ1n) is 7.82. The maximum Gasteiger partial charge on any atom is 0.236 e. The van der Waals surface area contributed by atoms with Crippen molar-refractivity contribution in [3.63, 3.8) is 0 Å². The predicted molar refractivity (Wildman–Crippen MR) is 81.6 cm³/mol. The van der Waals surface area contributed by atoms with E-state index in [-0.39, 0.29) is 11.4 Å². The molecule has 2 fully saturated rings. The summed E-state index contributed by atoms with van der Waals surface area (Å²) in [6, 6.07) is 0.325. The number of rotatable bonds is 5. The van der Waals surface area contributed by atoms with Crippen molar-refractivity contribution in [1.82, 2.24) is 14.7 Å². The van der Waals surface area contributed by atoms with Crippen molar-refractivity contribution in [2.75, 3.05) is 47.3 Å². The first-order valence-corrected chi connectivity index (χ1v) is 7.82. The van der Waals surface area contributed by atoms with Gasteiger partial charge in [0.15, 0.2) is 0 Å². The Morgan fingerprint density at radius 3 is 2.30 bits per heavy atom. The topological polar surface area (TPSA) is 52.8 Å². The van der Waals surface area contributed by atoms with E-state index >= 15 is 0 Å². The molecule has 2 rings (SSSR count). The summed E-state index contributed by atoms with van der Waals surface area (Å²) in [5, 5.41) is 0. The zero-order valence-electron chi connectivity index (χ0n) is 13.3. The Balaban J connectivity index is 1.80. The predicted octanol–water partition coefficient (Wildman–Crippen LogP) is 0.352. The van der Waals surface area contributed by atoms with Gasteiger partial charge in [-0.15, -0.1) is 0 Å². The molecule has 1 saturated heterocycles. The molecule has 5 heteroatoms. The largest absolute Gasteiger partial charge is 0.343 e. The lowest BCUT2D eigenvalue weighted by Gasteiger charge is -2.49. The van der Waals surface area contributed by atoms with Crippen LogP contribution in [0.1, 0.15) is 32.1 Å². The molecule has 1 saturated carbocycles. The first kappa shape index (κ1) is 15.7. The van der Waals surface area contributed by atoms with Crippen molar-refractivity contribution in [2.45, 2.75) is 43.7 Å². The maximum absolute atomic E-state index is 12.4. The Bertz CT molecular complexity index is 333. The Morgan fingerprint density at radius 2 is 1.85 bits per heavy atom. The van der Waals surface area contributed by atoms with Crippen LogP contribution in [0.25, 0.3) is 0 Å². The molecule has 1 aliphatic carbocycles. The van der Waals surface area contributed by atoms with Gasteiger partial charge in [0, 0.05) is 38.3 Å². The molecule has 1 heterocycles. The highest BCUT2D eigenvalue weighted by Crippen LogP contribution is 2.36. The van der Waals surface area contributed by atoms with E-state index in [2.05, 4.69) is 23.9 Å². The highest BCUT2D eigenvalue weighted by Gasteiger charge is 2.40. The minimum absolute atomic E-state index is 0.217. The quantitative estimate of drug-likeness (QED) is 0.791. The van der Waals surface area contributed by atoms with Gasteiger partial charge in [0.1, 0.15) is 0 Å². The van der Waals surface area contributed by atoms with Crippen molar-refractivity contribution in [1.29, 1.82) is 0 Å². The summed E-state index contributed by atoms with van der Waals surface area (Å²) in [4.78, 5) is 18.8. The van der Waals surface area contributed by atoms with Crippen molar-refractivity contribution in [2.24, 2.45) is 5.73 Å². The van der Waals surface area contributed by atoms with E-state index in [1.807, 2.05) is 11.9 Å². The van der Waals surface area contributed by atoms with Crippen LogP contribution in [-0.4, -0.2) is 79.5 Å². The minimum atomic E-state index is 0.217. The lowest BCUT2D eigenvalue weighted by Crippen LogP contribution is -2.58. The molecule has 0 atom stereocenters. The van der Waals surface area contributed by atoms with Gasteiger partial charge in [-0.25, -0.2) is 0 Å². The van der Waals surface area contributed by atoms with Crippen molar-refractivity contribution < 1.29 is 4.79 Å². The highest BCUT2D eigenvalue weighted by atomic mass is 16.2. The van der Waals surface area contributed by atoms with Crippen molar-refractivity contribution in [3.8, 4) is 0 Å². The second-order valence-electron chi connectivity index (χ2n) is 6.84. The highest BCUT2D eigenvalue weighted by molar-refractivity contribution is 5.78. The van der Waals surface area contributed by atoms with Crippen molar-refractivity contribution >= 4 is 5.91 Å². The molecule has 2 N–H and O–H groups in total. The third-order valence-electron chi connectivity index (χ3n) is 5.18. The number of likely N-dealkylation sites (tertiary alicyclic amines) is 1. The average molecular weight is 282 g/mol. The van der Waals surface area contributed by atoms with Crippen LogP contribution < -0.4 is 5.73 Å². The Kier molecular flexibility index (Phi) is 5.04. The third kappa shape index (κ3) is 3.51. The van der Waals surface area contributed by atoms with Crippen molar-refractivity contribution in [3.05, 3.63) is 0 Å². The molecular formula is C15H30N4O. The van der Waals surface area contributed by atoms with Gasteiger partial charge in [0.2, 0.25) is 5.91 Å². The van der Waals surface area contributed by atoms with Crippen LogP contribution in [0.3, 0.4) is 0 Å². The van der Waals surface area contributed by atoms with E-state index in [0.717, 1.165) is 32.5 Å². The Labute approximate surface area is 123 Å². The van der Waals surface area contributed by atoms with Crippen LogP contribution in [0.15, 0.2) is 0 Å². The summed E-state index contributed by atoms with van der Waals surface area (Å²) in [5.74, 6) is 0.244. The van der Waals surface area contributed by atoms with Gasteiger partial charge >= 0.3 is 0 Å². The average Bonchev–Trinajstić information content (AvgIpc) is 2.35. The third-order valence-corrected chi connectivity index (χ3v) is 5.18. The van der Waals surface area contributed by atoms with Crippen LogP contribution in [-0.2, 0) is 4.79 Å². The van der Waals surface area contributed by atoms with E-state index in [4.69, 9.17) is 5.73 Å². The summed E-state index contributed by atoms with van der Waals surface area (Å²) >= 11 is 0. The number of hydrogen-bond acceptors (Lipinski definition) is 4. The molecule has 0 aromatic carbocycles. The van der Waals surface area contributed by atoms with Crippen LogP contribution in [0.5, 0.6) is 0 Å². The molecule has 20 heavy (non-hydrogen) atoms. The van der Waals surface area contributed by atoms with Gasteiger partial charge in [-0.05, 0) is 46.2 Å². The van der Waals surface area contributed by atoms with Gasteiger partial charge in [0.25, 0.3) is 0 Å². The lowest BCUT2D eigenvalue weighted by atomic mass is 9.75. The van der Waals surface area contributed by atoms with Crippen LogP contribution in [0.2, 0.25) is 0 Å². The molecule has 1 aliphatic heterocycles. The number of nitrogens with two attached hydrogens (primary N) is 1. The maximum atomic E-state index is 12.4. The normalized spacial score (nSPS) is 23.6. The van der Waals surface area contributed by atoms with E-state index in [1.54, 1.807) is 0 Å². The number of amides is 1. The zero-order chi connectivity index (χ0) is 14.8. The molecule has 0 radical (unpaired) electrons. The van der Waals surface area contributed by atoms with Gasteiger partial charge in [0.05, 0.1) is 6.54 Å². The van der Waals surface area contributed by atoms with Crippen LogP contribution in [0.4, 0.5) is 0 Å². The number of nitrogens with zero attached hydrogens (tertiary/aromatic N) is 3. The molecule has 0 bridgehead atoms. The summed E-state index contributed by atoms with van der Waals surface area (Å²) in [7, 11) is 6.20. The lowest BCUT2D eigenvalue weighted by molar-refractivity contribution is -0.134. The van der Waals surface area contributed by atoms with Gasteiger partial charge < -0.3 is 15.5 Å². The minimum Gasteiger partial charge on any atom is -0.343 e. The van der Waals surface area contributed by atoms with E-state index in [0.29, 0.717) is 12.6 Å². The number of piperidine rings is 1. The Morgan fingerprint density at radius 1 is 1.25 bits per heavy atom. The number of carbonyl (C=O) groups excluding carboxylic acids is 1. The zero-order valence-corrected chi connectivity index (χ0v) is 13.3. The second-order valence-corrected chi connectivity index (χ2v) is 6.84. The van der Waals surface area contributed by atoms with E-state index in [1.165, 1.54) is 19.3 Å². The standard InChI is InChI=1S/C15H30N4O/c1-17(2)15(7-4-8-15)12-18(3)14(20)11-19-9-5-13(16)6-10-19/h13H,4-12,16H2,1-3H3.